The smallest absolute Gasteiger partial charge is 0.416 e. The van der Waals surface area contributed by atoms with E-state index in [4.69, 9.17) is 14.2 Å². The van der Waals surface area contributed by atoms with E-state index in [0.29, 0.717) is 23.6 Å². The third-order valence-electron chi connectivity index (χ3n) is 4.79. The molecule has 0 radical (unpaired) electrons. The molecule has 3 aromatic carbocycles. The fourth-order valence-corrected chi connectivity index (χ4v) is 3.04. The molecule has 0 unspecified atom stereocenters. The zero-order chi connectivity index (χ0) is 25.0. The number of aryl methyl sites for hydroxylation is 1. The van der Waals surface area contributed by atoms with Gasteiger partial charge in [-0.3, -0.25) is 14.9 Å². The highest BCUT2D eigenvalue weighted by molar-refractivity contribution is 6.04. The number of hydrogen-bond acceptors (Lipinski definition) is 6. The lowest BCUT2D eigenvalue weighted by Gasteiger charge is -2.14. The Labute approximate surface area is 192 Å². The molecule has 11 heteroatoms. The van der Waals surface area contributed by atoms with Crippen molar-refractivity contribution < 1.29 is 37.1 Å². The van der Waals surface area contributed by atoms with Crippen LogP contribution in [0.1, 0.15) is 21.5 Å². The van der Waals surface area contributed by atoms with Crippen LogP contribution in [-0.2, 0) is 6.18 Å². The van der Waals surface area contributed by atoms with Crippen molar-refractivity contribution >= 4 is 17.3 Å². The molecule has 0 aliphatic rings. The molecule has 1 N–H and O–H groups in total. The molecule has 1 amide bonds. The maximum atomic E-state index is 12.9. The number of amides is 1. The molecule has 0 heterocycles. The molecule has 0 spiro atoms. The first-order valence-corrected chi connectivity index (χ1v) is 9.71. The Kier molecular flexibility index (Phi) is 6.94. The maximum Gasteiger partial charge on any atom is 0.416 e. The van der Waals surface area contributed by atoms with Gasteiger partial charge in [-0.1, -0.05) is 6.07 Å². The Balaban J connectivity index is 1.87. The molecule has 0 saturated carbocycles. The molecule has 0 bridgehead atoms. The van der Waals surface area contributed by atoms with Gasteiger partial charge in [-0.25, -0.2) is 0 Å². The summed E-state index contributed by atoms with van der Waals surface area (Å²) >= 11 is 0. The van der Waals surface area contributed by atoms with E-state index in [1.807, 2.05) is 6.92 Å². The Morgan fingerprint density at radius 2 is 1.59 bits per heavy atom. The van der Waals surface area contributed by atoms with Crippen LogP contribution in [0.4, 0.5) is 24.5 Å². The Morgan fingerprint density at radius 1 is 0.912 bits per heavy atom. The third-order valence-corrected chi connectivity index (χ3v) is 4.79. The highest BCUT2D eigenvalue weighted by atomic mass is 19.4. The van der Waals surface area contributed by atoms with Crippen LogP contribution >= 0.6 is 0 Å². The number of nitro groups is 1. The van der Waals surface area contributed by atoms with E-state index in [2.05, 4.69) is 5.32 Å². The van der Waals surface area contributed by atoms with Crippen LogP contribution in [0.25, 0.3) is 0 Å². The quantitative estimate of drug-likeness (QED) is 0.332. The number of halogens is 3. The highest BCUT2D eigenvalue weighted by Gasteiger charge is 2.33. The predicted octanol–water partition coefficient (Wildman–Crippen LogP) is 5.98. The zero-order valence-corrected chi connectivity index (χ0v) is 18.2. The second kappa shape index (κ2) is 9.69. The number of nitrogens with zero attached hydrogens (tertiary/aromatic N) is 1. The van der Waals surface area contributed by atoms with E-state index in [9.17, 15) is 28.1 Å². The first-order valence-electron chi connectivity index (χ1n) is 9.71. The number of nitrogens with one attached hydrogen (secondary N) is 1. The normalized spacial score (nSPS) is 11.0. The molecule has 0 saturated heterocycles. The van der Waals surface area contributed by atoms with E-state index < -0.39 is 34.0 Å². The van der Waals surface area contributed by atoms with Gasteiger partial charge in [0.25, 0.3) is 5.91 Å². The van der Waals surface area contributed by atoms with Crippen molar-refractivity contribution in [1.29, 1.82) is 0 Å². The minimum atomic E-state index is -4.75. The second-order valence-corrected chi connectivity index (χ2v) is 7.04. The molecule has 34 heavy (non-hydrogen) atoms. The average Bonchev–Trinajstić information content (AvgIpc) is 2.79. The molecule has 8 nitrogen and oxygen atoms in total. The summed E-state index contributed by atoms with van der Waals surface area (Å²) in [5.41, 5.74) is -0.482. The van der Waals surface area contributed by atoms with Gasteiger partial charge in [0, 0.05) is 23.4 Å². The topological polar surface area (TPSA) is 99.9 Å². The lowest BCUT2D eigenvalue weighted by molar-refractivity contribution is -0.385. The summed E-state index contributed by atoms with van der Waals surface area (Å²) in [6.45, 7) is 1.86. The van der Waals surface area contributed by atoms with Crippen LogP contribution in [0.15, 0.2) is 54.6 Å². The van der Waals surface area contributed by atoms with Crippen molar-refractivity contribution in [3.63, 3.8) is 0 Å². The van der Waals surface area contributed by atoms with Gasteiger partial charge in [-0.2, -0.15) is 13.2 Å². The molecular weight excluding hydrogens is 457 g/mol. The van der Waals surface area contributed by atoms with Crippen LogP contribution in [-0.4, -0.2) is 25.1 Å². The number of anilines is 1. The van der Waals surface area contributed by atoms with Crippen LogP contribution in [0.5, 0.6) is 23.0 Å². The lowest BCUT2D eigenvalue weighted by Crippen LogP contribution is -2.12. The van der Waals surface area contributed by atoms with Crippen molar-refractivity contribution in [3.8, 4) is 23.0 Å². The number of ether oxygens (including phenoxy) is 3. The number of carbonyl (C=O) groups excluding carboxylic acids is 1. The van der Waals surface area contributed by atoms with Crippen molar-refractivity contribution in [2.45, 2.75) is 13.1 Å². The molecular formula is C23H19F3N2O6. The lowest BCUT2D eigenvalue weighted by atomic mass is 10.1. The van der Waals surface area contributed by atoms with E-state index in [1.54, 1.807) is 18.2 Å². The van der Waals surface area contributed by atoms with Crippen molar-refractivity contribution in [2.75, 3.05) is 19.5 Å². The van der Waals surface area contributed by atoms with E-state index in [1.165, 1.54) is 32.4 Å². The van der Waals surface area contributed by atoms with Crippen LogP contribution in [0.2, 0.25) is 0 Å². The van der Waals surface area contributed by atoms with Crippen molar-refractivity contribution in [3.05, 3.63) is 81.4 Å². The fourth-order valence-electron chi connectivity index (χ4n) is 3.04. The first kappa shape index (κ1) is 24.4. The van der Waals surface area contributed by atoms with E-state index >= 15 is 0 Å². The molecule has 3 rings (SSSR count). The number of hydrogen-bond donors (Lipinski definition) is 1. The number of benzene rings is 3. The van der Waals surface area contributed by atoms with Gasteiger partial charge in [-0.05, 0) is 48.9 Å². The molecule has 3 aromatic rings. The second-order valence-electron chi connectivity index (χ2n) is 7.04. The largest absolute Gasteiger partial charge is 0.496 e. The van der Waals surface area contributed by atoms with E-state index in [0.717, 1.165) is 11.6 Å². The molecule has 178 valence electrons. The fraction of sp³-hybridized carbons (Fsp3) is 0.174. The first-order chi connectivity index (χ1) is 16.0. The summed E-state index contributed by atoms with van der Waals surface area (Å²) in [4.78, 5) is 23.0. The zero-order valence-electron chi connectivity index (χ0n) is 18.2. The number of methoxy groups -OCH3 is 2. The van der Waals surface area contributed by atoms with Crippen LogP contribution < -0.4 is 19.5 Å². The summed E-state index contributed by atoms with van der Waals surface area (Å²) in [6, 6.07) is 11.1. The number of nitro benzene ring substituents is 1. The molecule has 0 aromatic heterocycles. The van der Waals surface area contributed by atoms with Gasteiger partial charge in [0.1, 0.15) is 5.75 Å². The number of rotatable bonds is 7. The SMILES string of the molecule is COc1cc(NC(=O)c2ccc(Oc3ccc(C(F)(F)F)cc3[N+](=O)[O-])c(OC)c2)ccc1C. The summed E-state index contributed by atoms with van der Waals surface area (Å²) in [5, 5.41) is 14.0. The van der Waals surface area contributed by atoms with Gasteiger partial charge < -0.3 is 19.5 Å². The summed E-state index contributed by atoms with van der Waals surface area (Å²) < 4.78 is 54.7. The summed E-state index contributed by atoms with van der Waals surface area (Å²) in [5.74, 6) is -0.281. The van der Waals surface area contributed by atoms with Gasteiger partial charge in [0.2, 0.25) is 5.75 Å². The van der Waals surface area contributed by atoms with Gasteiger partial charge in [0.05, 0.1) is 24.7 Å². The highest BCUT2D eigenvalue weighted by Crippen LogP contribution is 2.40. The Morgan fingerprint density at radius 3 is 2.21 bits per heavy atom. The third kappa shape index (κ3) is 5.37. The summed E-state index contributed by atoms with van der Waals surface area (Å²) in [7, 11) is 2.80. The van der Waals surface area contributed by atoms with Crippen molar-refractivity contribution in [2.24, 2.45) is 0 Å². The maximum absolute atomic E-state index is 12.9. The van der Waals surface area contributed by atoms with E-state index in [-0.39, 0.29) is 17.1 Å². The monoisotopic (exact) mass is 476 g/mol. The number of alkyl halides is 3. The van der Waals surface area contributed by atoms with Gasteiger partial charge in [-0.15, -0.1) is 0 Å². The summed E-state index contributed by atoms with van der Waals surface area (Å²) in [6.07, 6.45) is -4.75. The van der Waals surface area contributed by atoms with Gasteiger partial charge in [0.15, 0.2) is 11.5 Å². The minimum Gasteiger partial charge on any atom is -0.496 e. The molecule has 0 aliphatic heterocycles. The minimum absolute atomic E-state index is 0.0288. The average molecular weight is 476 g/mol. The number of carbonyl (C=O) groups is 1. The van der Waals surface area contributed by atoms with Crippen LogP contribution in [0, 0.1) is 17.0 Å². The Bertz CT molecular complexity index is 1240. The Hall–Kier alpha value is -4.28. The predicted molar refractivity (Wildman–Crippen MR) is 117 cm³/mol. The molecule has 0 atom stereocenters. The molecule has 0 fully saturated rings. The standard InChI is InChI=1S/C23H19F3N2O6/c1-13-4-7-16(12-20(13)32-2)27-22(29)14-5-8-19(21(10-14)33-3)34-18-9-6-15(23(24,25)26)11-17(18)28(30)31/h4-12H,1-3H3,(H,27,29). The molecule has 0 aliphatic carbocycles. The van der Waals surface area contributed by atoms with Crippen molar-refractivity contribution in [1.82, 2.24) is 0 Å². The van der Waals surface area contributed by atoms with Gasteiger partial charge >= 0.3 is 11.9 Å². The van der Waals surface area contributed by atoms with Crippen LogP contribution in [0.3, 0.4) is 0 Å².